The molecule has 1 amide bonds. The Kier molecular flexibility index (Phi) is 7.32. The highest BCUT2D eigenvalue weighted by atomic mass is 35.5. The Morgan fingerprint density at radius 1 is 1.10 bits per heavy atom. The predicted octanol–water partition coefficient (Wildman–Crippen LogP) is 6.90. The van der Waals surface area contributed by atoms with Crippen molar-refractivity contribution in [1.29, 1.82) is 0 Å². The van der Waals surface area contributed by atoms with Crippen LogP contribution < -0.4 is 10.6 Å². The largest absolute Gasteiger partial charge is 0.457 e. The Bertz CT molecular complexity index is 1110. The second kappa shape index (κ2) is 9.94. The molecule has 1 aromatic heterocycles. The zero-order valence-electron chi connectivity index (χ0n) is 16.4. The second-order valence-electron chi connectivity index (χ2n) is 6.84. The molecule has 0 radical (unpaired) electrons. The van der Waals surface area contributed by atoms with E-state index >= 15 is 0 Å². The van der Waals surface area contributed by atoms with E-state index in [-0.39, 0.29) is 11.0 Å². The number of hydrogen-bond donors (Lipinski definition) is 2. The maximum absolute atomic E-state index is 12.2. The summed E-state index contributed by atoms with van der Waals surface area (Å²) in [7, 11) is 0. The molecule has 0 spiro atoms. The first-order valence-corrected chi connectivity index (χ1v) is 10.4. The van der Waals surface area contributed by atoms with Crippen LogP contribution in [0, 0.1) is 0 Å². The zero-order chi connectivity index (χ0) is 21.7. The molecule has 2 aromatic carbocycles. The van der Waals surface area contributed by atoms with Crippen molar-refractivity contribution in [2.24, 2.45) is 0 Å². The van der Waals surface area contributed by atoms with Crippen LogP contribution in [0.4, 0.5) is 5.69 Å². The van der Waals surface area contributed by atoms with Gasteiger partial charge in [-0.05, 0) is 66.2 Å². The Morgan fingerprint density at radius 3 is 2.60 bits per heavy atom. The van der Waals surface area contributed by atoms with Crippen LogP contribution in [-0.2, 0) is 4.79 Å². The molecular weight excluding hydrogens is 439 g/mol. The fourth-order valence-electron chi connectivity index (χ4n) is 2.86. The Morgan fingerprint density at radius 2 is 1.87 bits per heavy atom. The van der Waals surface area contributed by atoms with E-state index in [4.69, 9.17) is 39.8 Å². The Labute approximate surface area is 190 Å². The van der Waals surface area contributed by atoms with E-state index in [1.54, 1.807) is 36.4 Å². The van der Waals surface area contributed by atoms with Crippen LogP contribution in [0.2, 0.25) is 10.0 Å². The number of carbonyl (C=O) groups excluding carboxylic acids is 1. The normalized spacial score (nSPS) is 11.1. The van der Waals surface area contributed by atoms with E-state index in [9.17, 15) is 4.79 Å². The molecule has 0 atom stereocenters. The zero-order valence-corrected chi connectivity index (χ0v) is 18.7. The molecule has 4 nitrogen and oxygen atoms in total. The molecule has 1 heterocycles. The molecule has 3 rings (SSSR count). The standard InChI is InChI=1S/C23H20Cl2N2O2S/c1-14(2)17-5-3-4-6-20(17)26-23(30)27-22(28)12-9-16-8-11-21(29-16)18-10-7-15(24)13-19(18)25/h3-14H,1-2H3,(H2,26,27,28,30)/b12-9+. The van der Waals surface area contributed by atoms with Crippen LogP contribution >= 0.6 is 35.4 Å². The monoisotopic (exact) mass is 458 g/mol. The molecule has 0 aliphatic rings. The smallest absolute Gasteiger partial charge is 0.250 e. The van der Waals surface area contributed by atoms with Gasteiger partial charge in [-0.3, -0.25) is 10.1 Å². The number of hydrogen-bond acceptors (Lipinski definition) is 3. The number of carbonyl (C=O) groups is 1. The maximum Gasteiger partial charge on any atom is 0.250 e. The quantitative estimate of drug-likeness (QED) is 0.322. The summed E-state index contributed by atoms with van der Waals surface area (Å²) in [5, 5.41) is 6.98. The Hall–Kier alpha value is -2.60. The van der Waals surface area contributed by atoms with Crippen molar-refractivity contribution < 1.29 is 9.21 Å². The molecule has 154 valence electrons. The highest BCUT2D eigenvalue weighted by Crippen LogP contribution is 2.31. The molecule has 3 aromatic rings. The minimum absolute atomic E-state index is 0.228. The van der Waals surface area contributed by atoms with Crippen molar-refractivity contribution in [3.05, 3.63) is 82.0 Å². The highest BCUT2D eigenvalue weighted by Gasteiger charge is 2.10. The maximum atomic E-state index is 12.2. The van der Waals surface area contributed by atoms with E-state index in [1.807, 2.05) is 24.3 Å². The van der Waals surface area contributed by atoms with Crippen molar-refractivity contribution in [2.45, 2.75) is 19.8 Å². The van der Waals surface area contributed by atoms with Gasteiger partial charge in [-0.15, -0.1) is 0 Å². The summed E-state index contributed by atoms with van der Waals surface area (Å²) in [5.74, 6) is 1.06. The number of anilines is 1. The first kappa shape index (κ1) is 22.1. The topological polar surface area (TPSA) is 54.3 Å². The van der Waals surface area contributed by atoms with Crippen LogP contribution in [0.5, 0.6) is 0 Å². The second-order valence-corrected chi connectivity index (χ2v) is 8.10. The number of amides is 1. The van der Waals surface area contributed by atoms with Crippen LogP contribution in [0.3, 0.4) is 0 Å². The molecule has 0 fully saturated rings. The fraction of sp³-hybridized carbons (Fsp3) is 0.130. The van der Waals surface area contributed by atoms with E-state index in [0.29, 0.717) is 27.5 Å². The molecule has 0 aliphatic carbocycles. The van der Waals surface area contributed by atoms with E-state index in [0.717, 1.165) is 16.8 Å². The number of furan rings is 1. The van der Waals surface area contributed by atoms with Crippen LogP contribution in [0.15, 0.2) is 65.1 Å². The lowest BCUT2D eigenvalue weighted by molar-refractivity contribution is -0.115. The fourth-order valence-corrected chi connectivity index (χ4v) is 3.57. The number of benzene rings is 2. The van der Waals surface area contributed by atoms with Gasteiger partial charge in [-0.1, -0.05) is 55.2 Å². The van der Waals surface area contributed by atoms with Gasteiger partial charge < -0.3 is 9.73 Å². The highest BCUT2D eigenvalue weighted by molar-refractivity contribution is 7.80. The van der Waals surface area contributed by atoms with Gasteiger partial charge in [-0.2, -0.15) is 0 Å². The third kappa shape index (κ3) is 5.72. The van der Waals surface area contributed by atoms with Crippen molar-refractivity contribution in [3.63, 3.8) is 0 Å². The molecule has 30 heavy (non-hydrogen) atoms. The molecule has 7 heteroatoms. The van der Waals surface area contributed by atoms with Crippen molar-refractivity contribution in [2.75, 3.05) is 5.32 Å². The SMILES string of the molecule is CC(C)c1ccccc1NC(=S)NC(=O)/C=C/c1ccc(-c2ccc(Cl)cc2Cl)o1. The number of halogens is 2. The van der Waals surface area contributed by atoms with Crippen LogP contribution in [0.1, 0.15) is 31.1 Å². The summed E-state index contributed by atoms with van der Waals surface area (Å²) in [5.41, 5.74) is 2.71. The van der Waals surface area contributed by atoms with Crippen molar-refractivity contribution in [3.8, 4) is 11.3 Å². The number of nitrogens with one attached hydrogen (secondary N) is 2. The summed E-state index contributed by atoms with van der Waals surface area (Å²) < 4.78 is 5.74. The molecular formula is C23H20Cl2N2O2S. The molecule has 2 N–H and O–H groups in total. The van der Waals surface area contributed by atoms with Gasteiger partial charge in [0.25, 0.3) is 0 Å². The van der Waals surface area contributed by atoms with Crippen LogP contribution in [0.25, 0.3) is 17.4 Å². The lowest BCUT2D eigenvalue weighted by Crippen LogP contribution is -2.33. The first-order valence-electron chi connectivity index (χ1n) is 9.27. The number of para-hydroxylation sites is 1. The average Bonchev–Trinajstić information content (AvgIpc) is 3.15. The van der Waals surface area contributed by atoms with E-state index < -0.39 is 0 Å². The molecule has 0 saturated heterocycles. The average molecular weight is 459 g/mol. The van der Waals surface area contributed by atoms with Gasteiger partial charge in [-0.25, -0.2) is 0 Å². The summed E-state index contributed by atoms with van der Waals surface area (Å²) in [6.07, 6.45) is 2.92. The summed E-state index contributed by atoms with van der Waals surface area (Å²) in [6, 6.07) is 16.5. The lowest BCUT2D eigenvalue weighted by Gasteiger charge is -2.15. The third-order valence-corrected chi connectivity index (χ3v) is 5.04. The summed E-state index contributed by atoms with van der Waals surface area (Å²) >= 11 is 17.4. The van der Waals surface area contributed by atoms with Gasteiger partial charge in [0.2, 0.25) is 5.91 Å². The number of thiocarbonyl (C=S) groups is 1. The van der Waals surface area contributed by atoms with Gasteiger partial charge >= 0.3 is 0 Å². The lowest BCUT2D eigenvalue weighted by atomic mass is 10.0. The minimum Gasteiger partial charge on any atom is -0.457 e. The van der Waals surface area contributed by atoms with Crippen LogP contribution in [-0.4, -0.2) is 11.0 Å². The van der Waals surface area contributed by atoms with Crippen molar-refractivity contribution in [1.82, 2.24) is 5.32 Å². The van der Waals surface area contributed by atoms with Gasteiger partial charge in [0.1, 0.15) is 11.5 Å². The van der Waals surface area contributed by atoms with E-state index in [2.05, 4.69) is 24.5 Å². The van der Waals surface area contributed by atoms with Gasteiger partial charge in [0.15, 0.2) is 5.11 Å². The minimum atomic E-state index is -0.364. The van der Waals surface area contributed by atoms with Crippen molar-refractivity contribution >= 4 is 58.2 Å². The summed E-state index contributed by atoms with van der Waals surface area (Å²) in [6.45, 7) is 4.19. The summed E-state index contributed by atoms with van der Waals surface area (Å²) in [4.78, 5) is 12.2. The first-order chi connectivity index (χ1) is 14.3. The molecule has 0 saturated carbocycles. The van der Waals surface area contributed by atoms with Gasteiger partial charge in [0, 0.05) is 22.3 Å². The van der Waals surface area contributed by atoms with E-state index in [1.165, 1.54) is 6.08 Å². The predicted molar refractivity (Wildman–Crippen MR) is 128 cm³/mol. The Balaban J connectivity index is 1.61. The molecule has 0 unspecified atom stereocenters. The molecule has 0 aliphatic heterocycles. The third-order valence-electron chi connectivity index (χ3n) is 4.29. The van der Waals surface area contributed by atoms with Gasteiger partial charge in [0.05, 0.1) is 5.02 Å². The number of rotatable bonds is 5. The molecule has 0 bridgehead atoms.